The van der Waals surface area contributed by atoms with Crippen molar-refractivity contribution in [3.8, 4) is 12.3 Å². The minimum atomic E-state index is -4.40. The molecule has 25 heavy (non-hydrogen) atoms. The third-order valence-electron chi connectivity index (χ3n) is 5.51. The van der Waals surface area contributed by atoms with Crippen molar-refractivity contribution in [1.29, 1.82) is 0 Å². The van der Waals surface area contributed by atoms with Gasteiger partial charge in [-0.05, 0) is 31.8 Å². The molecule has 0 bridgehead atoms. The number of hydrogen-bond donors (Lipinski definition) is 1. The number of ether oxygens (including phenoxy) is 1. The van der Waals surface area contributed by atoms with E-state index < -0.39 is 11.8 Å². The van der Waals surface area contributed by atoms with Gasteiger partial charge in [0.05, 0.1) is 18.8 Å². The molecule has 2 saturated heterocycles. The van der Waals surface area contributed by atoms with Gasteiger partial charge in [0.1, 0.15) is 0 Å². The average molecular weight is 361 g/mol. The summed E-state index contributed by atoms with van der Waals surface area (Å²) in [6, 6.07) is 0. The zero-order valence-corrected chi connectivity index (χ0v) is 15.1. The Morgan fingerprint density at radius 2 is 1.96 bits per heavy atom. The lowest BCUT2D eigenvalue weighted by Gasteiger charge is -2.50. The highest BCUT2D eigenvalue weighted by Gasteiger charge is 2.53. The van der Waals surface area contributed by atoms with Gasteiger partial charge in [0.15, 0.2) is 0 Å². The maximum atomic E-state index is 13.4. The van der Waals surface area contributed by atoms with E-state index in [1.165, 1.54) is 19.3 Å². The number of terminal acetylenes is 1. The van der Waals surface area contributed by atoms with E-state index in [1.807, 2.05) is 0 Å². The van der Waals surface area contributed by atoms with Crippen molar-refractivity contribution in [2.75, 3.05) is 52.5 Å². The summed E-state index contributed by atoms with van der Waals surface area (Å²) in [5.74, 6) is 3.21. The van der Waals surface area contributed by atoms with E-state index in [1.54, 1.807) is 0 Å². The van der Waals surface area contributed by atoms with Gasteiger partial charge in [0, 0.05) is 32.6 Å². The van der Waals surface area contributed by atoms with Crippen molar-refractivity contribution in [3.63, 3.8) is 0 Å². The van der Waals surface area contributed by atoms with Crippen LogP contribution in [0, 0.1) is 18.3 Å². The Morgan fingerprint density at radius 3 is 2.44 bits per heavy atom. The second-order valence-corrected chi connectivity index (χ2v) is 7.13. The molecular weight excluding hydrogens is 331 g/mol. The minimum Gasteiger partial charge on any atom is -0.379 e. The molecule has 2 rings (SSSR count). The van der Waals surface area contributed by atoms with Crippen molar-refractivity contribution < 1.29 is 17.9 Å². The first-order chi connectivity index (χ1) is 11.9. The van der Waals surface area contributed by atoms with Crippen LogP contribution in [0.4, 0.5) is 13.2 Å². The molecule has 2 aliphatic rings. The van der Waals surface area contributed by atoms with Crippen molar-refractivity contribution in [1.82, 2.24) is 15.1 Å². The monoisotopic (exact) mass is 361 g/mol. The van der Waals surface area contributed by atoms with Crippen LogP contribution in [0.25, 0.3) is 0 Å². The number of hydrogen-bond acceptors (Lipinski definition) is 4. The molecule has 0 aromatic carbocycles. The standard InChI is InChI=1S/C18H30F3N3O/c1-3-7-17(14-22-15-17)24(18(19,20)21)11-13-25-12-10-23-8-5-16(4-2)6-9-23/h1,16,22H,4-15H2,2H3. The fourth-order valence-corrected chi connectivity index (χ4v) is 3.72. The van der Waals surface area contributed by atoms with Crippen LogP contribution in [-0.4, -0.2) is 74.1 Å². The van der Waals surface area contributed by atoms with Gasteiger partial charge in [-0.15, -0.1) is 12.3 Å². The first-order valence-electron chi connectivity index (χ1n) is 9.20. The number of piperidine rings is 1. The topological polar surface area (TPSA) is 27.7 Å². The van der Waals surface area contributed by atoms with Crippen LogP contribution >= 0.6 is 0 Å². The molecule has 0 aliphatic carbocycles. The molecule has 144 valence electrons. The van der Waals surface area contributed by atoms with E-state index in [0.29, 0.717) is 11.5 Å². The van der Waals surface area contributed by atoms with Gasteiger partial charge in [-0.25, -0.2) is 4.90 Å². The average Bonchev–Trinajstić information content (AvgIpc) is 2.54. The van der Waals surface area contributed by atoms with Crippen LogP contribution in [0.15, 0.2) is 0 Å². The summed E-state index contributed by atoms with van der Waals surface area (Å²) in [6.45, 7) is 6.04. The zero-order chi connectivity index (χ0) is 18.3. The number of halogens is 3. The largest absolute Gasteiger partial charge is 0.460 e. The summed E-state index contributed by atoms with van der Waals surface area (Å²) in [5, 5.41) is 2.91. The van der Waals surface area contributed by atoms with Crippen molar-refractivity contribution in [2.45, 2.75) is 44.4 Å². The first-order valence-corrected chi connectivity index (χ1v) is 9.20. The Kier molecular flexibility index (Phi) is 7.56. The van der Waals surface area contributed by atoms with E-state index >= 15 is 0 Å². The summed E-state index contributed by atoms with van der Waals surface area (Å²) in [6.07, 6.45) is 4.61. The van der Waals surface area contributed by atoms with Gasteiger partial charge in [-0.2, -0.15) is 13.2 Å². The number of alkyl halides is 3. The van der Waals surface area contributed by atoms with Gasteiger partial charge >= 0.3 is 6.30 Å². The maximum absolute atomic E-state index is 13.4. The van der Waals surface area contributed by atoms with Crippen molar-refractivity contribution >= 4 is 0 Å². The van der Waals surface area contributed by atoms with Gasteiger partial charge < -0.3 is 15.0 Å². The zero-order valence-electron chi connectivity index (χ0n) is 15.1. The summed E-state index contributed by atoms with van der Waals surface area (Å²) in [7, 11) is 0. The van der Waals surface area contributed by atoms with Gasteiger partial charge in [-0.1, -0.05) is 13.3 Å². The fourth-order valence-electron chi connectivity index (χ4n) is 3.72. The Bertz CT molecular complexity index is 438. The molecule has 4 nitrogen and oxygen atoms in total. The quantitative estimate of drug-likeness (QED) is 0.388. The summed E-state index contributed by atoms with van der Waals surface area (Å²) >= 11 is 0. The lowest BCUT2D eigenvalue weighted by atomic mass is 9.87. The lowest BCUT2D eigenvalue weighted by Crippen LogP contribution is -2.72. The summed E-state index contributed by atoms with van der Waals surface area (Å²) in [4.78, 5) is 2.90. The molecule has 1 N–H and O–H groups in total. The van der Waals surface area contributed by atoms with E-state index in [2.05, 4.69) is 23.1 Å². The molecule has 0 aromatic heterocycles. The fraction of sp³-hybridized carbons (Fsp3) is 0.889. The predicted molar refractivity (Wildman–Crippen MR) is 92.1 cm³/mol. The van der Waals surface area contributed by atoms with Crippen LogP contribution in [0.1, 0.15) is 32.6 Å². The van der Waals surface area contributed by atoms with Crippen molar-refractivity contribution in [3.05, 3.63) is 0 Å². The molecule has 2 aliphatic heterocycles. The SMILES string of the molecule is C#CCC1(N(CCOCCN2CCC(CC)CC2)C(F)(F)F)CNC1. The number of nitrogens with zero attached hydrogens (tertiary/aromatic N) is 2. The Morgan fingerprint density at radius 1 is 1.28 bits per heavy atom. The molecule has 7 heteroatoms. The Hall–Kier alpha value is -0.810. The second kappa shape index (κ2) is 9.22. The van der Waals surface area contributed by atoms with E-state index in [4.69, 9.17) is 11.2 Å². The molecule has 0 radical (unpaired) electrons. The number of nitrogens with one attached hydrogen (secondary N) is 1. The van der Waals surface area contributed by atoms with Gasteiger partial charge in [0.25, 0.3) is 0 Å². The van der Waals surface area contributed by atoms with Crippen LogP contribution in [0.2, 0.25) is 0 Å². The smallest absolute Gasteiger partial charge is 0.379 e. The highest BCUT2D eigenvalue weighted by Crippen LogP contribution is 2.34. The molecule has 0 saturated carbocycles. The van der Waals surface area contributed by atoms with Gasteiger partial charge in [-0.3, -0.25) is 0 Å². The lowest BCUT2D eigenvalue weighted by molar-refractivity contribution is -0.285. The third kappa shape index (κ3) is 5.58. The molecule has 0 amide bonds. The molecule has 0 atom stereocenters. The Balaban J connectivity index is 1.70. The maximum Gasteiger partial charge on any atom is 0.460 e. The highest BCUT2D eigenvalue weighted by molar-refractivity contribution is 5.10. The Labute approximate surface area is 149 Å². The molecular formula is C18H30F3N3O. The number of rotatable bonds is 9. The number of likely N-dealkylation sites (tertiary alicyclic amines) is 1. The second-order valence-electron chi connectivity index (χ2n) is 7.13. The van der Waals surface area contributed by atoms with Crippen LogP contribution in [-0.2, 0) is 4.74 Å². The van der Waals surface area contributed by atoms with Crippen LogP contribution in [0.5, 0.6) is 0 Å². The highest BCUT2D eigenvalue weighted by atomic mass is 19.4. The molecule has 2 heterocycles. The van der Waals surface area contributed by atoms with Crippen LogP contribution in [0.3, 0.4) is 0 Å². The third-order valence-corrected chi connectivity index (χ3v) is 5.51. The molecule has 0 spiro atoms. The first kappa shape index (κ1) is 20.5. The van der Waals surface area contributed by atoms with Gasteiger partial charge in [0.2, 0.25) is 0 Å². The summed E-state index contributed by atoms with van der Waals surface area (Å²) in [5.41, 5.74) is -1.02. The van der Waals surface area contributed by atoms with E-state index in [0.717, 1.165) is 25.6 Å². The molecule has 0 aromatic rings. The minimum absolute atomic E-state index is 0.0667. The molecule has 0 unspecified atom stereocenters. The van der Waals surface area contributed by atoms with Crippen molar-refractivity contribution in [2.24, 2.45) is 5.92 Å². The normalized spacial score (nSPS) is 21.9. The molecule has 2 fully saturated rings. The summed E-state index contributed by atoms with van der Waals surface area (Å²) < 4.78 is 45.7. The van der Waals surface area contributed by atoms with Crippen LogP contribution < -0.4 is 5.32 Å². The predicted octanol–water partition coefficient (Wildman–Crippen LogP) is 2.31. The van der Waals surface area contributed by atoms with E-state index in [9.17, 15) is 13.2 Å². The van der Waals surface area contributed by atoms with E-state index in [-0.39, 0.29) is 32.7 Å².